The molecule has 21 heavy (non-hydrogen) atoms. The van der Waals surface area contributed by atoms with Crippen molar-refractivity contribution < 1.29 is 9.53 Å². The molecule has 1 aliphatic rings. The highest BCUT2D eigenvalue weighted by Crippen LogP contribution is 2.18. The van der Waals surface area contributed by atoms with Crippen molar-refractivity contribution in [2.75, 3.05) is 32.8 Å². The van der Waals surface area contributed by atoms with Gasteiger partial charge in [0, 0.05) is 19.6 Å². The highest BCUT2D eigenvalue weighted by molar-refractivity contribution is 5.86. The molecule has 1 heterocycles. The molecule has 0 aromatic heterocycles. The van der Waals surface area contributed by atoms with E-state index in [1.165, 1.54) is 5.56 Å². The van der Waals surface area contributed by atoms with Crippen LogP contribution in [0.2, 0.25) is 0 Å². The standard InChI is InChI=1S/C16H25N3O2/c1-16(2)15(20)18-9-10-19(16)11-12-21-14-5-3-13(4-6-14)7-8-17/h3-6H,7-12,17H2,1-2H3,(H,18,20). The number of hydrogen-bond acceptors (Lipinski definition) is 4. The van der Waals surface area contributed by atoms with Gasteiger partial charge in [0.1, 0.15) is 12.4 Å². The van der Waals surface area contributed by atoms with E-state index in [0.29, 0.717) is 19.7 Å². The van der Waals surface area contributed by atoms with Gasteiger partial charge in [0.05, 0.1) is 5.54 Å². The molecule has 5 heteroatoms. The van der Waals surface area contributed by atoms with Gasteiger partial charge in [-0.2, -0.15) is 0 Å². The molecular formula is C16H25N3O2. The molecule has 1 fully saturated rings. The Morgan fingerprint density at radius 3 is 2.71 bits per heavy atom. The summed E-state index contributed by atoms with van der Waals surface area (Å²) in [6.45, 7) is 7.43. The van der Waals surface area contributed by atoms with E-state index in [1.54, 1.807) is 0 Å². The van der Waals surface area contributed by atoms with Crippen molar-refractivity contribution in [2.24, 2.45) is 5.73 Å². The second kappa shape index (κ2) is 6.91. The maximum absolute atomic E-state index is 11.9. The smallest absolute Gasteiger partial charge is 0.240 e. The lowest BCUT2D eigenvalue weighted by atomic mass is 9.99. The average molecular weight is 291 g/mol. The van der Waals surface area contributed by atoms with E-state index >= 15 is 0 Å². The third-order valence-electron chi connectivity index (χ3n) is 4.00. The lowest BCUT2D eigenvalue weighted by Crippen LogP contribution is -2.62. The van der Waals surface area contributed by atoms with Crippen LogP contribution >= 0.6 is 0 Å². The molecule has 5 nitrogen and oxygen atoms in total. The van der Waals surface area contributed by atoms with Gasteiger partial charge in [0.2, 0.25) is 5.91 Å². The highest BCUT2D eigenvalue weighted by Gasteiger charge is 2.37. The number of nitrogens with two attached hydrogens (primary N) is 1. The molecule has 0 spiro atoms. The van der Waals surface area contributed by atoms with Crippen molar-refractivity contribution in [3.05, 3.63) is 29.8 Å². The Hall–Kier alpha value is -1.59. The van der Waals surface area contributed by atoms with E-state index in [0.717, 1.165) is 25.3 Å². The van der Waals surface area contributed by atoms with Crippen LogP contribution in [0.15, 0.2) is 24.3 Å². The third kappa shape index (κ3) is 3.95. The van der Waals surface area contributed by atoms with Gasteiger partial charge in [0.25, 0.3) is 0 Å². The number of ether oxygens (including phenoxy) is 1. The maximum atomic E-state index is 11.9. The summed E-state index contributed by atoms with van der Waals surface area (Å²) >= 11 is 0. The van der Waals surface area contributed by atoms with Crippen molar-refractivity contribution >= 4 is 5.91 Å². The van der Waals surface area contributed by atoms with Crippen molar-refractivity contribution in [1.82, 2.24) is 10.2 Å². The predicted octanol–water partition coefficient (Wildman–Crippen LogP) is 0.777. The Morgan fingerprint density at radius 2 is 2.05 bits per heavy atom. The van der Waals surface area contributed by atoms with Crippen molar-refractivity contribution in [3.8, 4) is 5.75 Å². The Morgan fingerprint density at radius 1 is 1.33 bits per heavy atom. The Labute approximate surface area is 126 Å². The summed E-state index contributed by atoms with van der Waals surface area (Å²) in [6.07, 6.45) is 0.886. The molecule has 0 aliphatic carbocycles. The number of carbonyl (C=O) groups is 1. The van der Waals surface area contributed by atoms with Crippen molar-refractivity contribution in [2.45, 2.75) is 25.8 Å². The number of carbonyl (C=O) groups excluding carboxylic acids is 1. The SMILES string of the molecule is CC1(C)C(=O)NCCN1CCOc1ccc(CCN)cc1. The number of nitrogens with zero attached hydrogens (tertiary/aromatic N) is 1. The molecule has 0 bridgehead atoms. The van der Waals surface area contributed by atoms with E-state index in [1.807, 2.05) is 38.1 Å². The fourth-order valence-electron chi connectivity index (χ4n) is 2.53. The molecule has 1 amide bonds. The third-order valence-corrected chi connectivity index (χ3v) is 4.00. The van der Waals surface area contributed by atoms with Crippen LogP contribution in [0.4, 0.5) is 0 Å². The van der Waals surface area contributed by atoms with Crippen LogP contribution in [0.1, 0.15) is 19.4 Å². The summed E-state index contributed by atoms with van der Waals surface area (Å²) in [5.41, 5.74) is 6.28. The lowest BCUT2D eigenvalue weighted by Gasteiger charge is -2.41. The number of nitrogens with one attached hydrogen (secondary N) is 1. The quantitative estimate of drug-likeness (QED) is 0.813. The summed E-state index contributed by atoms with van der Waals surface area (Å²) in [5.74, 6) is 0.940. The zero-order chi connectivity index (χ0) is 15.3. The molecule has 3 N–H and O–H groups in total. The zero-order valence-electron chi connectivity index (χ0n) is 12.9. The predicted molar refractivity (Wildman–Crippen MR) is 83.4 cm³/mol. The second-order valence-electron chi connectivity index (χ2n) is 5.83. The number of rotatable bonds is 6. The average Bonchev–Trinajstić information content (AvgIpc) is 2.46. The van der Waals surface area contributed by atoms with E-state index in [4.69, 9.17) is 10.5 Å². The van der Waals surface area contributed by atoms with Crippen LogP contribution in [-0.4, -0.2) is 49.1 Å². The molecule has 1 aromatic rings. The van der Waals surface area contributed by atoms with Gasteiger partial charge in [0.15, 0.2) is 0 Å². The first-order chi connectivity index (χ1) is 10.0. The van der Waals surface area contributed by atoms with Gasteiger partial charge in [-0.1, -0.05) is 12.1 Å². The van der Waals surface area contributed by atoms with Crippen molar-refractivity contribution in [3.63, 3.8) is 0 Å². The largest absolute Gasteiger partial charge is 0.492 e. The van der Waals surface area contributed by atoms with Crippen LogP contribution in [0.25, 0.3) is 0 Å². The van der Waals surface area contributed by atoms with Crippen LogP contribution in [0.3, 0.4) is 0 Å². The molecule has 116 valence electrons. The topological polar surface area (TPSA) is 67.6 Å². The number of benzene rings is 1. The minimum absolute atomic E-state index is 0.0832. The van der Waals surface area contributed by atoms with Gasteiger partial charge >= 0.3 is 0 Å². The van der Waals surface area contributed by atoms with E-state index in [-0.39, 0.29) is 5.91 Å². The minimum atomic E-state index is -0.466. The normalized spacial score (nSPS) is 18.3. The monoisotopic (exact) mass is 291 g/mol. The highest BCUT2D eigenvalue weighted by atomic mass is 16.5. The van der Waals surface area contributed by atoms with Crippen LogP contribution < -0.4 is 15.8 Å². The van der Waals surface area contributed by atoms with Gasteiger partial charge in [-0.25, -0.2) is 0 Å². The van der Waals surface area contributed by atoms with Gasteiger partial charge in [-0.3, -0.25) is 9.69 Å². The molecule has 1 aromatic carbocycles. The van der Waals surface area contributed by atoms with Crippen LogP contribution in [0, 0.1) is 0 Å². The first-order valence-corrected chi connectivity index (χ1v) is 7.49. The van der Waals surface area contributed by atoms with Gasteiger partial charge < -0.3 is 15.8 Å². The molecule has 2 rings (SSSR count). The molecular weight excluding hydrogens is 266 g/mol. The van der Waals surface area contributed by atoms with Gasteiger partial charge in [-0.05, 0) is 44.5 Å². The summed E-state index contributed by atoms with van der Waals surface area (Å²) in [4.78, 5) is 14.0. The number of hydrogen-bond donors (Lipinski definition) is 2. The fourth-order valence-corrected chi connectivity index (χ4v) is 2.53. The molecule has 0 atom stereocenters. The van der Waals surface area contributed by atoms with Crippen molar-refractivity contribution in [1.29, 1.82) is 0 Å². The minimum Gasteiger partial charge on any atom is -0.492 e. The zero-order valence-corrected chi connectivity index (χ0v) is 12.9. The summed E-state index contributed by atoms with van der Waals surface area (Å²) in [6, 6.07) is 8.03. The Bertz CT molecular complexity index is 471. The first kappa shape index (κ1) is 15.8. The Balaban J connectivity index is 1.82. The lowest BCUT2D eigenvalue weighted by molar-refractivity contribution is -0.135. The molecule has 0 radical (unpaired) electrons. The second-order valence-corrected chi connectivity index (χ2v) is 5.83. The molecule has 1 aliphatic heterocycles. The first-order valence-electron chi connectivity index (χ1n) is 7.49. The summed E-state index contributed by atoms with van der Waals surface area (Å²) in [5, 5.41) is 2.90. The van der Waals surface area contributed by atoms with Crippen LogP contribution in [0.5, 0.6) is 5.75 Å². The maximum Gasteiger partial charge on any atom is 0.240 e. The molecule has 0 unspecified atom stereocenters. The number of amides is 1. The summed E-state index contributed by atoms with van der Waals surface area (Å²) in [7, 11) is 0. The molecule has 1 saturated heterocycles. The Kier molecular flexibility index (Phi) is 5.20. The number of piperazine rings is 1. The molecule has 0 saturated carbocycles. The van der Waals surface area contributed by atoms with E-state index < -0.39 is 5.54 Å². The van der Waals surface area contributed by atoms with Gasteiger partial charge in [-0.15, -0.1) is 0 Å². The summed E-state index contributed by atoms with van der Waals surface area (Å²) < 4.78 is 5.77. The van der Waals surface area contributed by atoms with E-state index in [2.05, 4.69) is 10.2 Å². The fraction of sp³-hybridized carbons (Fsp3) is 0.562. The van der Waals surface area contributed by atoms with Crippen LogP contribution in [-0.2, 0) is 11.2 Å². The van der Waals surface area contributed by atoms with E-state index in [9.17, 15) is 4.79 Å².